The largest absolute Gasteiger partial charge is 0.573 e. The maximum atomic E-state index is 12.6. The van der Waals surface area contributed by atoms with Gasteiger partial charge in [-0.25, -0.2) is 0 Å². The average Bonchev–Trinajstić information content (AvgIpc) is 3.01. The molecule has 2 heterocycles. The monoisotopic (exact) mass is 375 g/mol. The first-order chi connectivity index (χ1) is 11.2. The second-order valence-electron chi connectivity index (χ2n) is 4.96. The molecule has 1 N–H and O–H groups in total. The third-order valence-electron chi connectivity index (χ3n) is 3.27. The fourth-order valence-corrected chi connectivity index (χ4v) is 3.30. The van der Waals surface area contributed by atoms with Crippen molar-refractivity contribution in [3.05, 3.63) is 45.9 Å². The van der Waals surface area contributed by atoms with E-state index < -0.39 is 17.3 Å². The number of hydrogen-bond acceptors (Lipinski definition) is 4. The van der Waals surface area contributed by atoms with Crippen molar-refractivity contribution < 1.29 is 27.8 Å². The van der Waals surface area contributed by atoms with Gasteiger partial charge >= 0.3 is 6.36 Å². The van der Waals surface area contributed by atoms with Crippen molar-refractivity contribution >= 4 is 39.7 Å². The van der Waals surface area contributed by atoms with Crippen molar-refractivity contribution in [2.45, 2.75) is 13.3 Å². The number of alkyl halides is 3. The van der Waals surface area contributed by atoms with Crippen LogP contribution >= 0.6 is 22.9 Å². The highest BCUT2D eigenvalue weighted by Gasteiger charge is 2.32. The molecule has 0 aliphatic carbocycles. The van der Waals surface area contributed by atoms with E-state index in [9.17, 15) is 23.1 Å². The normalized spacial score (nSPS) is 11.9. The zero-order chi connectivity index (χ0) is 17.6. The number of fused-ring (bicyclic) bond motifs is 1. The number of hydrogen-bond donors (Lipinski definition) is 1. The van der Waals surface area contributed by atoms with Gasteiger partial charge in [0.2, 0.25) is 0 Å². The molecule has 0 radical (unpaired) electrons. The van der Waals surface area contributed by atoms with E-state index in [0.717, 1.165) is 6.07 Å². The molecule has 24 heavy (non-hydrogen) atoms. The number of carbonyl (C=O) groups excluding carboxylic acids is 1. The Labute approximate surface area is 142 Å². The van der Waals surface area contributed by atoms with Crippen LogP contribution in [0.2, 0.25) is 5.02 Å². The van der Waals surface area contributed by atoms with Crippen molar-refractivity contribution in [3.63, 3.8) is 0 Å². The maximum absolute atomic E-state index is 12.6. The summed E-state index contributed by atoms with van der Waals surface area (Å²) >= 11 is 6.48. The molecule has 0 saturated carbocycles. The Hall–Kier alpha value is -2.19. The van der Waals surface area contributed by atoms with Gasteiger partial charge < -0.3 is 9.84 Å². The summed E-state index contributed by atoms with van der Waals surface area (Å²) in [5, 5.41) is 9.88. The van der Waals surface area contributed by atoms with Crippen LogP contribution in [0.1, 0.15) is 15.4 Å². The molecule has 0 unspecified atom stereocenters. The molecular weight excluding hydrogens is 367 g/mol. The lowest BCUT2D eigenvalue weighted by molar-refractivity contribution is -0.273. The van der Waals surface area contributed by atoms with E-state index in [1.54, 1.807) is 13.0 Å². The Morgan fingerprint density at radius 3 is 2.67 bits per heavy atom. The third kappa shape index (κ3) is 3.07. The molecule has 126 valence electrons. The Morgan fingerprint density at radius 1 is 1.29 bits per heavy atom. The van der Waals surface area contributed by atoms with E-state index in [1.165, 1.54) is 22.8 Å². The van der Waals surface area contributed by atoms with Crippen molar-refractivity contribution in [3.8, 4) is 10.8 Å². The highest BCUT2D eigenvalue weighted by atomic mass is 35.5. The van der Waals surface area contributed by atoms with Gasteiger partial charge in [-0.05, 0) is 37.3 Å². The molecule has 3 rings (SSSR count). The van der Waals surface area contributed by atoms with E-state index in [-0.39, 0.29) is 15.6 Å². The standard InChI is InChI=1S/C15H9ClF3NO3S/c1-7-4-8-5-11(21)9(16)6-10(8)20(7)14(22)12-2-3-13(24-12)23-15(17,18)19/h2-6,21H,1H3. The van der Waals surface area contributed by atoms with E-state index in [1.807, 2.05) is 0 Å². The number of benzene rings is 1. The second kappa shape index (κ2) is 5.71. The van der Waals surface area contributed by atoms with Crippen LogP contribution in [0.5, 0.6) is 10.8 Å². The predicted molar refractivity (Wildman–Crippen MR) is 84.1 cm³/mol. The Balaban J connectivity index is 2.03. The number of ether oxygens (including phenoxy) is 1. The zero-order valence-corrected chi connectivity index (χ0v) is 13.6. The number of phenols is 1. The molecular formula is C15H9ClF3NO3S. The first-order valence-corrected chi connectivity index (χ1v) is 7.76. The topological polar surface area (TPSA) is 51.5 Å². The first-order valence-electron chi connectivity index (χ1n) is 6.56. The molecule has 0 atom stereocenters. The summed E-state index contributed by atoms with van der Waals surface area (Å²) in [5.74, 6) is -0.628. The summed E-state index contributed by atoms with van der Waals surface area (Å²) in [6, 6.07) is 6.87. The van der Waals surface area contributed by atoms with Crippen LogP contribution in [0.3, 0.4) is 0 Å². The van der Waals surface area contributed by atoms with Gasteiger partial charge in [0, 0.05) is 11.1 Å². The molecule has 0 amide bonds. The quantitative estimate of drug-likeness (QED) is 0.689. The minimum absolute atomic E-state index is 0.0712. The van der Waals surface area contributed by atoms with Crippen LogP contribution < -0.4 is 4.74 Å². The number of phenolic OH excluding ortho intramolecular Hbond substituents is 1. The van der Waals surface area contributed by atoms with Gasteiger partial charge in [-0.15, -0.1) is 13.2 Å². The van der Waals surface area contributed by atoms with Gasteiger partial charge in [-0.3, -0.25) is 9.36 Å². The number of aryl methyl sites for hydroxylation is 1. The maximum Gasteiger partial charge on any atom is 0.573 e. The third-order valence-corrected chi connectivity index (χ3v) is 4.52. The molecule has 0 fully saturated rings. The highest BCUT2D eigenvalue weighted by Crippen LogP contribution is 2.34. The van der Waals surface area contributed by atoms with Gasteiger partial charge in [0.05, 0.1) is 15.4 Å². The number of thiophene rings is 1. The van der Waals surface area contributed by atoms with Gasteiger partial charge in [0.1, 0.15) is 5.75 Å². The van der Waals surface area contributed by atoms with E-state index >= 15 is 0 Å². The Bertz CT molecular complexity index is 945. The first kappa shape index (κ1) is 16.7. The summed E-state index contributed by atoms with van der Waals surface area (Å²) in [6.07, 6.45) is -4.81. The fraction of sp³-hybridized carbons (Fsp3) is 0.133. The molecule has 0 saturated heterocycles. The van der Waals surface area contributed by atoms with Crippen LogP contribution in [0.15, 0.2) is 30.3 Å². The van der Waals surface area contributed by atoms with Crippen LogP contribution in [0.4, 0.5) is 13.2 Å². The molecule has 3 aromatic rings. The van der Waals surface area contributed by atoms with E-state index in [2.05, 4.69) is 4.74 Å². The molecule has 4 nitrogen and oxygen atoms in total. The number of rotatable bonds is 2. The molecule has 9 heteroatoms. The molecule has 0 aliphatic heterocycles. The van der Waals surface area contributed by atoms with Crippen molar-refractivity contribution in [1.29, 1.82) is 0 Å². The summed E-state index contributed by atoms with van der Waals surface area (Å²) in [6.45, 7) is 1.67. The Morgan fingerprint density at radius 2 is 2.00 bits per heavy atom. The minimum atomic E-state index is -4.81. The lowest BCUT2D eigenvalue weighted by atomic mass is 10.2. The predicted octanol–water partition coefficient (Wildman–Crippen LogP) is 4.96. The minimum Gasteiger partial charge on any atom is -0.506 e. The van der Waals surface area contributed by atoms with Crippen LogP contribution in [0.25, 0.3) is 10.9 Å². The van der Waals surface area contributed by atoms with Gasteiger partial charge in [-0.2, -0.15) is 0 Å². The SMILES string of the molecule is Cc1cc2cc(O)c(Cl)cc2n1C(=O)c1ccc(OC(F)(F)F)s1. The molecule has 2 aromatic heterocycles. The van der Waals surface area contributed by atoms with Crippen molar-refractivity contribution in [2.24, 2.45) is 0 Å². The number of carbonyl (C=O) groups is 1. The number of nitrogens with zero attached hydrogens (tertiary/aromatic N) is 1. The van der Waals surface area contributed by atoms with Crippen LogP contribution in [0, 0.1) is 6.92 Å². The van der Waals surface area contributed by atoms with Gasteiger partial charge in [-0.1, -0.05) is 22.9 Å². The average molecular weight is 376 g/mol. The highest BCUT2D eigenvalue weighted by molar-refractivity contribution is 7.15. The van der Waals surface area contributed by atoms with Crippen molar-refractivity contribution in [2.75, 3.05) is 0 Å². The molecule has 0 aliphatic rings. The van der Waals surface area contributed by atoms with E-state index in [4.69, 9.17) is 11.6 Å². The lowest BCUT2D eigenvalue weighted by Gasteiger charge is -2.07. The fourth-order valence-electron chi connectivity index (χ4n) is 2.34. The summed E-state index contributed by atoms with van der Waals surface area (Å²) in [4.78, 5) is 12.7. The number of aromatic hydroxyl groups is 1. The number of aromatic nitrogens is 1. The summed E-state index contributed by atoms with van der Waals surface area (Å²) in [7, 11) is 0. The number of halogens is 4. The van der Waals surface area contributed by atoms with Crippen LogP contribution in [-0.4, -0.2) is 21.9 Å². The summed E-state index contributed by atoms with van der Waals surface area (Å²) < 4.78 is 41.8. The smallest absolute Gasteiger partial charge is 0.506 e. The van der Waals surface area contributed by atoms with Gasteiger partial charge in [0.25, 0.3) is 5.91 Å². The second-order valence-corrected chi connectivity index (χ2v) is 6.41. The Kier molecular flexibility index (Phi) is 3.97. The van der Waals surface area contributed by atoms with Crippen LogP contribution in [-0.2, 0) is 0 Å². The zero-order valence-electron chi connectivity index (χ0n) is 12.0. The molecule has 1 aromatic carbocycles. The molecule has 0 spiro atoms. The van der Waals surface area contributed by atoms with E-state index in [0.29, 0.717) is 27.9 Å². The summed E-state index contributed by atoms with van der Waals surface area (Å²) in [5.41, 5.74) is 1.01. The van der Waals surface area contributed by atoms with Gasteiger partial charge in [0.15, 0.2) is 5.06 Å². The molecule has 0 bridgehead atoms. The van der Waals surface area contributed by atoms with Crippen molar-refractivity contribution in [1.82, 2.24) is 4.57 Å². The lowest BCUT2D eigenvalue weighted by Crippen LogP contribution is -2.16.